The van der Waals surface area contributed by atoms with Gasteiger partial charge in [0, 0.05) is 11.5 Å². The summed E-state index contributed by atoms with van der Waals surface area (Å²) in [4.78, 5) is 25.3. The van der Waals surface area contributed by atoms with E-state index < -0.39 is 5.54 Å². The zero-order valence-corrected chi connectivity index (χ0v) is 19.7. The number of fused-ring (bicyclic) bond motifs is 5. The molecule has 0 unspecified atom stereocenters. The molecule has 0 aromatic heterocycles. The molecule has 1 N–H and O–H groups in total. The zero-order chi connectivity index (χ0) is 22.6. The summed E-state index contributed by atoms with van der Waals surface area (Å²) in [6, 6.07) is 0. The summed E-state index contributed by atoms with van der Waals surface area (Å²) in [5.74, 6) is 4.47. The Morgan fingerprint density at radius 3 is 2.61 bits per heavy atom. The van der Waals surface area contributed by atoms with Crippen LogP contribution in [0.4, 0.5) is 0 Å². The van der Waals surface area contributed by atoms with E-state index in [1.165, 1.54) is 12.7 Å². The van der Waals surface area contributed by atoms with Crippen molar-refractivity contribution in [2.45, 2.75) is 78.2 Å². The van der Waals surface area contributed by atoms with Gasteiger partial charge in [0.25, 0.3) is 0 Å². The number of hydrogen-bond acceptors (Lipinski definition) is 3. The summed E-state index contributed by atoms with van der Waals surface area (Å²) in [7, 11) is 1.46. The lowest BCUT2D eigenvalue weighted by Gasteiger charge is -2.57. The van der Waals surface area contributed by atoms with Gasteiger partial charge in [-0.05, 0) is 99.0 Å². The maximum Gasteiger partial charge on any atom is 0.333 e. The first kappa shape index (κ1) is 22.2. The molecular formula is C27H37NO3. The van der Waals surface area contributed by atoms with Crippen LogP contribution in [0.1, 0.15) is 72.6 Å². The van der Waals surface area contributed by atoms with Gasteiger partial charge in [-0.25, -0.2) is 4.79 Å². The Bertz CT molecular complexity index is 891. The zero-order valence-electron chi connectivity index (χ0n) is 19.7. The average molecular weight is 424 g/mol. The Morgan fingerprint density at radius 1 is 1.19 bits per heavy atom. The second kappa shape index (κ2) is 7.54. The van der Waals surface area contributed by atoms with Crippen LogP contribution in [0.3, 0.4) is 0 Å². The van der Waals surface area contributed by atoms with E-state index in [0.717, 1.165) is 50.5 Å². The molecule has 6 atom stereocenters. The molecule has 4 rings (SSSR count). The molecule has 0 heterocycles. The minimum absolute atomic E-state index is 0.0410. The monoisotopic (exact) mass is 423 g/mol. The average Bonchev–Trinajstić information content (AvgIpc) is 3.09. The fraction of sp³-hybridized carbons (Fsp3) is 0.704. The van der Waals surface area contributed by atoms with Crippen molar-refractivity contribution in [3.63, 3.8) is 0 Å². The highest BCUT2D eigenvalue weighted by Gasteiger charge is 2.59. The Hall–Kier alpha value is -2.02. The molecule has 0 saturated heterocycles. The number of hydrogen-bond donors (Lipinski definition) is 1. The van der Waals surface area contributed by atoms with E-state index in [9.17, 15) is 9.59 Å². The van der Waals surface area contributed by atoms with E-state index in [1.807, 2.05) is 13.8 Å². The molecule has 31 heavy (non-hydrogen) atoms. The largest absolute Gasteiger partial charge is 0.466 e. The molecule has 0 spiro atoms. The topological polar surface area (TPSA) is 55.4 Å². The molecule has 0 bridgehead atoms. The molecule has 168 valence electrons. The predicted molar refractivity (Wildman–Crippen MR) is 122 cm³/mol. The molecule has 4 heteroatoms. The standard InChI is InChI=1S/C27H37NO3/c1-7-25(2,3)28-23(29)22-11-10-20-19-9-8-18-16-17(24(30)31-6)12-14-26(18,4)21(19)13-15-27(20,22)5/h1,8,16,19-22H,9-15H2,2-6H3,(H,28,29)/t19-,20-,21-,22+,26-,27-/m0/s1. The smallest absolute Gasteiger partial charge is 0.333 e. The minimum Gasteiger partial charge on any atom is -0.466 e. The number of esters is 1. The van der Waals surface area contributed by atoms with E-state index in [4.69, 9.17) is 11.2 Å². The van der Waals surface area contributed by atoms with Gasteiger partial charge in [-0.3, -0.25) is 4.79 Å². The molecule has 0 aliphatic heterocycles. The highest BCUT2D eigenvalue weighted by Crippen LogP contribution is 2.66. The summed E-state index contributed by atoms with van der Waals surface area (Å²) in [6.45, 7) is 8.54. The minimum atomic E-state index is -0.607. The van der Waals surface area contributed by atoms with E-state index in [1.54, 1.807) is 0 Å². The van der Waals surface area contributed by atoms with Gasteiger partial charge >= 0.3 is 5.97 Å². The van der Waals surface area contributed by atoms with Crippen LogP contribution in [0.2, 0.25) is 0 Å². The van der Waals surface area contributed by atoms with Crippen molar-refractivity contribution in [3.05, 3.63) is 23.3 Å². The second-order valence-corrected chi connectivity index (χ2v) is 11.3. The molecule has 4 aliphatic carbocycles. The number of ether oxygens (including phenoxy) is 1. The van der Waals surface area contributed by atoms with Crippen molar-refractivity contribution in [2.75, 3.05) is 7.11 Å². The van der Waals surface area contributed by atoms with Crippen LogP contribution < -0.4 is 5.32 Å². The van der Waals surface area contributed by atoms with Crippen LogP contribution in [0, 0.1) is 46.8 Å². The first-order valence-electron chi connectivity index (χ1n) is 11.8. The Balaban J connectivity index is 1.58. The lowest BCUT2D eigenvalue weighted by Crippen LogP contribution is -2.53. The summed E-state index contributed by atoms with van der Waals surface area (Å²) >= 11 is 0. The number of nitrogens with one attached hydrogen (secondary N) is 1. The van der Waals surface area contributed by atoms with Crippen LogP contribution in [-0.4, -0.2) is 24.5 Å². The molecule has 4 aliphatic rings. The molecular weight excluding hydrogens is 386 g/mol. The van der Waals surface area contributed by atoms with E-state index >= 15 is 0 Å². The molecule has 0 aromatic rings. The summed E-state index contributed by atoms with van der Waals surface area (Å²) in [6.07, 6.45) is 17.2. The normalized spacial score (nSPS) is 39.1. The molecule has 2 fully saturated rings. The number of carbonyl (C=O) groups is 2. The van der Waals surface area contributed by atoms with Gasteiger partial charge in [0.2, 0.25) is 5.91 Å². The maximum absolute atomic E-state index is 13.2. The molecule has 4 nitrogen and oxygen atoms in total. The third-order valence-electron chi connectivity index (χ3n) is 9.33. The fourth-order valence-corrected chi connectivity index (χ4v) is 7.48. The van der Waals surface area contributed by atoms with Crippen molar-refractivity contribution in [2.24, 2.45) is 34.5 Å². The van der Waals surface area contributed by atoms with Gasteiger partial charge in [0.05, 0.1) is 12.6 Å². The number of allylic oxidation sites excluding steroid dienone is 3. The first-order chi connectivity index (χ1) is 14.6. The quantitative estimate of drug-likeness (QED) is 0.524. The number of terminal acetylenes is 1. The predicted octanol–water partition coefficient (Wildman–Crippen LogP) is 4.80. The highest BCUT2D eigenvalue weighted by atomic mass is 16.5. The van der Waals surface area contributed by atoms with Gasteiger partial charge in [-0.1, -0.05) is 25.8 Å². The Morgan fingerprint density at radius 2 is 1.94 bits per heavy atom. The summed E-state index contributed by atoms with van der Waals surface area (Å²) in [5, 5.41) is 3.11. The third kappa shape index (κ3) is 3.45. The van der Waals surface area contributed by atoms with Gasteiger partial charge in [-0.2, -0.15) is 0 Å². The van der Waals surface area contributed by atoms with E-state index in [0.29, 0.717) is 17.8 Å². The van der Waals surface area contributed by atoms with Crippen molar-refractivity contribution in [1.82, 2.24) is 5.32 Å². The van der Waals surface area contributed by atoms with Crippen molar-refractivity contribution in [3.8, 4) is 12.3 Å². The number of rotatable bonds is 3. The van der Waals surface area contributed by atoms with E-state index in [-0.39, 0.29) is 28.6 Å². The first-order valence-corrected chi connectivity index (χ1v) is 11.8. The fourth-order valence-electron chi connectivity index (χ4n) is 7.48. The molecule has 1 amide bonds. The van der Waals surface area contributed by atoms with Crippen molar-refractivity contribution >= 4 is 11.9 Å². The molecule has 0 radical (unpaired) electrons. The lowest BCUT2D eigenvalue weighted by atomic mass is 9.48. The van der Waals surface area contributed by atoms with Gasteiger partial charge in [-0.15, -0.1) is 6.42 Å². The van der Waals surface area contributed by atoms with Crippen LogP contribution in [0.5, 0.6) is 0 Å². The van der Waals surface area contributed by atoms with Crippen LogP contribution >= 0.6 is 0 Å². The highest BCUT2D eigenvalue weighted by molar-refractivity contribution is 5.89. The van der Waals surface area contributed by atoms with Crippen molar-refractivity contribution < 1.29 is 14.3 Å². The molecule has 0 aromatic carbocycles. The Kier molecular flexibility index (Phi) is 5.39. The molecule has 2 saturated carbocycles. The number of carbonyl (C=O) groups excluding carboxylic acids is 2. The van der Waals surface area contributed by atoms with Crippen LogP contribution in [-0.2, 0) is 14.3 Å². The SMILES string of the molecule is C#CC(C)(C)NC(=O)[C@H]1CC[C@H]2[C@@H]3CC=C4C=C(C(=O)OC)CC[C@]4(C)[C@H]3CC[C@]12C. The van der Waals surface area contributed by atoms with Crippen LogP contribution in [0.15, 0.2) is 23.3 Å². The second-order valence-electron chi connectivity index (χ2n) is 11.3. The van der Waals surface area contributed by atoms with Crippen LogP contribution in [0.25, 0.3) is 0 Å². The summed E-state index contributed by atoms with van der Waals surface area (Å²) < 4.78 is 4.97. The van der Waals surface area contributed by atoms with Gasteiger partial charge in [0.1, 0.15) is 0 Å². The van der Waals surface area contributed by atoms with Crippen molar-refractivity contribution in [1.29, 1.82) is 0 Å². The van der Waals surface area contributed by atoms with Gasteiger partial charge in [0.15, 0.2) is 0 Å². The Labute approximate surface area is 187 Å². The van der Waals surface area contributed by atoms with Gasteiger partial charge < -0.3 is 10.1 Å². The number of methoxy groups -OCH3 is 1. The lowest BCUT2D eigenvalue weighted by molar-refractivity contribution is -0.136. The maximum atomic E-state index is 13.2. The summed E-state index contributed by atoms with van der Waals surface area (Å²) in [5.41, 5.74) is 1.68. The van der Waals surface area contributed by atoms with E-state index in [2.05, 4.69) is 37.2 Å². The number of amides is 1. The third-order valence-corrected chi connectivity index (χ3v) is 9.33.